The molecule has 2 aromatic carbocycles. The Morgan fingerprint density at radius 1 is 1.06 bits per heavy atom. The highest BCUT2D eigenvalue weighted by Gasteiger charge is 2.28. The molecule has 3 aromatic rings. The summed E-state index contributed by atoms with van der Waals surface area (Å²) in [5.41, 5.74) is 4.85. The maximum atomic E-state index is 14.2. The summed E-state index contributed by atoms with van der Waals surface area (Å²) in [5.74, 6) is 0.695. The average Bonchev–Trinajstić information content (AvgIpc) is 3.09. The molecular formula is C26H32BrFN4O2. The number of anilines is 1. The van der Waals surface area contributed by atoms with Crippen molar-refractivity contribution in [2.45, 2.75) is 53.7 Å². The van der Waals surface area contributed by atoms with Crippen molar-refractivity contribution < 1.29 is 13.9 Å². The number of carbonyl (C=O) groups is 1. The number of carbonyl (C=O) groups excluding carboxylic acids is 1. The van der Waals surface area contributed by atoms with Gasteiger partial charge in [0, 0.05) is 30.7 Å². The molecule has 8 heteroatoms. The minimum atomic E-state index is -0.516. The summed E-state index contributed by atoms with van der Waals surface area (Å²) >= 11 is 3.68. The maximum Gasteiger partial charge on any atom is 0.410 e. The van der Waals surface area contributed by atoms with Gasteiger partial charge < -0.3 is 19.1 Å². The second-order valence-corrected chi connectivity index (χ2v) is 11.0. The van der Waals surface area contributed by atoms with E-state index in [2.05, 4.69) is 44.5 Å². The predicted octanol–water partition coefficient (Wildman–Crippen LogP) is 5.97. The summed E-state index contributed by atoms with van der Waals surface area (Å²) in [4.78, 5) is 21.5. The van der Waals surface area contributed by atoms with E-state index in [0.29, 0.717) is 43.9 Å². The molecule has 0 radical (unpaired) electrons. The lowest BCUT2D eigenvalue weighted by molar-refractivity contribution is 0.0240. The highest BCUT2D eigenvalue weighted by atomic mass is 79.9. The summed E-state index contributed by atoms with van der Waals surface area (Å²) in [6.07, 6.45) is -0.281. The first-order valence-corrected chi connectivity index (χ1v) is 12.4. The van der Waals surface area contributed by atoms with E-state index in [1.807, 2.05) is 32.9 Å². The van der Waals surface area contributed by atoms with Gasteiger partial charge in [0.15, 0.2) is 0 Å². The molecule has 1 amide bonds. The quantitative estimate of drug-likeness (QED) is 0.418. The minimum Gasteiger partial charge on any atom is -0.444 e. The molecule has 0 aliphatic carbocycles. The molecular weight excluding hydrogens is 499 g/mol. The van der Waals surface area contributed by atoms with Crippen LogP contribution in [0.4, 0.5) is 15.1 Å². The molecule has 6 nitrogen and oxygen atoms in total. The van der Waals surface area contributed by atoms with Crippen LogP contribution >= 0.6 is 15.9 Å². The van der Waals surface area contributed by atoms with E-state index in [4.69, 9.17) is 9.72 Å². The number of hydrogen-bond donors (Lipinski definition) is 0. The Morgan fingerprint density at radius 2 is 1.68 bits per heavy atom. The van der Waals surface area contributed by atoms with Crippen molar-refractivity contribution in [2.24, 2.45) is 0 Å². The molecule has 0 bridgehead atoms. The van der Waals surface area contributed by atoms with Crippen molar-refractivity contribution in [3.63, 3.8) is 0 Å². The molecule has 1 aliphatic rings. The van der Waals surface area contributed by atoms with Crippen molar-refractivity contribution in [1.29, 1.82) is 0 Å². The molecule has 2 heterocycles. The van der Waals surface area contributed by atoms with Gasteiger partial charge in [-0.3, -0.25) is 0 Å². The van der Waals surface area contributed by atoms with Crippen LogP contribution in [0, 0.1) is 26.6 Å². The Labute approximate surface area is 208 Å². The standard InChI is InChI=1S/C26H32BrFN4O2/c1-16-11-20(27)23-21(12-16)32(15-19-13-17(2)22(28)18(3)14-19)24(29-23)30-7-9-31(10-8-30)25(33)34-26(4,5)6/h11-14H,7-10,15H2,1-6H3. The van der Waals surface area contributed by atoms with E-state index in [1.54, 1.807) is 18.7 Å². The van der Waals surface area contributed by atoms with Crippen molar-refractivity contribution in [3.8, 4) is 0 Å². The normalized spacial score (nSPS) is 14.7. The zero-order valence-electron chi connectivity index (χ0n) is 20.7. The van der Waals surface area contributed by atoms with Gasteiger partial charge in [-0.25, -0.2) is 14.2 Å². The molecule has 0 spiro atoms. The zero-order valence-corrected chi connectivity index (χ0v) is 22.3. The molecule has 34 heavy (non-hydrogen) atoms. The summed E-state index contributed by atoms with van der Waals surface area (Å²) in [6, 6.07) is 8.01. The summed E-state index contributed by atoms with van der Waals surface area (Å²) in [6.45, 7) is 14.3. The second-order valence-electron chi connectivity index (χ2n) is 10.1. The molecule has 182 valence electrons. The number of aryl methyl sites for hydroxylation is 3. The average molecular weight is 531 g/mol. The fourth-order valence-corrected chi connectivity index (χ4v) is 5.08. The number of nitrogens with zero attached hydrogens (tertiary/aromatic N) is 4. The number of imidazole rings is 1. The summed E-state index contributed by atoms with van der Waals surface area (Å²) in [7, 11) is 0. The monoisotopic (exact) mass is 530 g/mol. The highest BCUT2D eigenvalue weighted by Crippen LogP contribution is 2.31. The van der Waals surface area contributed by atoms with Crippen LogP contribution in [-0.2, 0) is 11.3 Å². The number of benzene rings is 2. The van der Waals surface area contributed by atoms with E-state index >= 15 is 0 Å². The van der Waals surface area contributed by atoms with Gasteiger partial charge in [0.2, 0.25) is 5.95 Å². The van der Waals surface area contributed by atoms with Crippen LogP contribution in [0.1, 0.15) is 43.0 Å². The Morgan fingerprint density at radius 3 is 2.26 bits per heavy atom. The van der Waals surface area contributed by atoms with Crippen LogP contribution in [-0.4, -0.2) is 52.3 Å². The van der Waals surface area contributed by atoms with Gasteiger partial charge in [0.1, 0.15) is 16.9 Å². The zero-order chi connectivity index (χ0) is 24.8. The van der Waals surface area contributed by atoms with Crippen LogP contribution in [0.3, 0.4) is 0 Å². The lowest BCUT2D eigenvalue weighted by Crippen LogP contribution is -2.50. The van der Waals surface area contributed by atoms with E-state index in [-0.39, 0.29) is 11.9 Å². The van der Waals surface area contributed by atoms with E-state index in [9.17, 15) is 9.18 Å². The van der Waals surface area contributed by atoms with Gasteiger partial charge >= 0.3 is 6.09 Å². The van der Waals surface area contributed by atoms with Crippen LogP contribution < -0.4 is 4.90 Å². The van der Waals surface area contributed by atoms with Crippen molar-refractivity contribution in [3.05, 3.63) is 56.8 Å². The summed E-state index contributed by atoms with van der Waals surface area (Å²) < 4.78 is 22.9. The Balaban J connectivity index is 1.67. The SMILES string of the molecule is Cc1cc(Br)c2nc(N3CCN(C(=O)OC(C)(C)C)CC3)n(Cc3cc(C)c(F)c(C)c3)c2c1. The van der Waals surface area contributed by atoms with Gasteiger partial charge in [-0.05, 0) is 91.9 Å². The topological polar surface area (TPSA) is 50.6 Å². The first kappa shape index (κ1) is 24.5. The Hall–Kier alpha value is -2.61. The van der Waals surface area contributed by atoms with Gasteiger partial charge in [-0.1, -0.05) is 12.1 Å². The largest absolute Gasteiger partial charge is 0.444 e. The molecule has 1 aromatic heterocycles. The van der Waals surface area contributed by atoms with E-state index in [0.717, 1.165) is 32.6 Å². The number of piperazine rings is 1. The third-order valence-corrected chi connectivity index (χ3v) is 6.59. The summed E-state index contributed by atoms with van der Waals surface area (Å²) in [5, 5.41) is 0. The second kappa shape index (κ2) is 9.21. The van der Waals surface area contributed by atoms with Crippen molar-refractivity contribution in [1.82, 2.24) is 14.5 Å². The molecule has 1 aliphatic heterocycles. The number of amides is 1. The molecule has 1 fully saturated rings. The van der Waals surface area contributed by atoms with Crippen LogP contribution in [0.5, 0.6) is 0 Å². The number of aromatic nitrogens is 2. The number of ether oxygens (including phenoxy) is 1. The predicted molar refractivity (Wildman–Crippen MR) is 137 cm³/mol. The maximum absolute atomic E-state index is 14.2. The van der Waals surface area contributed by atoms with Crippen LogP contribution in [0.25, 0.3) is 11.0 Å². The van der Waals surface area contributed by atoms with E-state index < -0.39 is 5.60 Å². The molecule has 0 saturated carbocycles. The third kappa shape index (κ3) is 5.06. The lowest BCUT2D eigenvalue weighted by Gasteiger charge is -2.36. The minimum absolute atomic E-state index is 0.156. The number of fused-ring (bicyclic) bond motifs is 1. The van der Waals surface area contributed by atoms with Crippen molar-refractivity contribution in [2.75, 3.05) is 31.1 Å². The van der Waals surface area contributed by atoms with Crippen LogP contribution in [0.15, 0.2) is 28.7 Å². The first-order chi connectivity index (χ1) is 15.9. The first-order valence-electron chi connectivity index (χ1n) is 11.6. The smallest absolute Gasteiger partial charge is 0.410 e. The van der Waals surface area contributed by atoms with Crippen molar-refractivity contribution >= 4 is 39.0 Å². The lowest BCUT2D eigenvalue weighted by atomic mass is 10.1. The Bertz CT molecular complexity index is 1220. The fourth-order valence-electron chi connectivity index (χ4n) is 4.42. The molecule has 0 atom stereocenters. The molecule has 0 N–H and O–H groups in total. The molecule has 4 rings (SSSR count). The number of rotatable bonds is 3. The van der Waals surface area contributed by atoms with Gasteiger partial charge in [0.25, 0.3) is 0 Å². The Kier molecular flexibility index (Phi) is 6.64. The molecule has 1 saturated heterocycles. The fraction of sp³-hybridized carbons (Fsp3) is 0.462. The third-order valence-electron chi connectivity index (χ3n) is 5.98. The van der Waals surface area contributed by atoms with Gasteiger partial charge in [0.05, 0.1) is 12.1 Å². The van der Waals surface area contributed by atoms with Gasteiger partial charge in [-0.2, -0.15) is 0 Å². The molecule has 0 unspecified atom stereocenters. The number of halogens is 2. The van der Waals surface area contributed by atoms with Crippen LogP contribution in [0.2, 0.25) is 0 Å². The highest BCUT2D eigenvalue weighted by molar-refractivity contribution is 9.10. The van der Waals surface area contributed by atoms with E-state index in [1.165, 1.54) is 0 Å². The van der Waals surface area contributed by atoms with Gasteiger partial charge in [-0.15, -0.1) is 0 Å². The number of hydrogen-bond acceptors (Lipinski definition) is 4.